The molecule has 0 N–H and O–H groups in total. The van der Waals surface area contributed by atoms with E-state index in [1.165, 1.54) is 15.5 Å². The fourth-order valence-electron chi connectivity index (χ4n) is 5.55. The number of carbonyl (C=O) groups is 1. The van der Waals surface area contributed by atoms with Crippen LogP contribution in [0, 0.1) is 5.92 Å². The summed E-state index contributed by atoms with van der Waals surface area (Å²) in [5.74, 6) is 0.816. The molecule has 3 fully saturated rings. The molecule has 3 saturated heterocycles. The fourth-order valence-corrected chi connectivity index (χ4v) is 5.55. The van der Waals surface area contributed by atoms with E-state index in [0.29, 0.717) is 38.5 Å². The van der Waals surface area contributed by atoms with Gasteiger partial charge < -0.3 is 19.4 Å². The van der Waals surface area contributed by atoms with Crippen LogP contribution >= 0.6 is 0 Å². The number of hydrogen-bond donors (Lipinski definition) is 0. The highest BCUT2D eigenvalue weighted by Crippen LogP contribution is 2.37. The second-order valence-corrected chi connectivity index (χ2v) is 9.31. The van der Waals surface area contributed by atoms with E-state index in [2.05, 4.69) is 4.98 Å². The average Bonchev–Trinajstić information content (AvgIpc) is 3.41. The van der Waals surface area contributed by atoms with Crippen LogP contribution in [-0.4, -0.2) is 78.0 Å². The Morgan fingerprint density at radius 1 is 1.19 bits per heavy atom. The number of halogens is 3. The monoisotopic (exact) mass is 455 g/mol. The van der Waals surface area contributed by atoms with Gasteiger partial charge in [-0.3, -0.25) is 14.2 Å². The van der Waals surface area contributed by atoms with Gasteiger partial charge in [-0.05, 0) is 38.0 Å². The molecule has 32 heavy (non-hydrogen) atoms. The minimum Gasteiger partial charge on any atom is -0.374 e. The number of rotatable bonds is 5. The molecule has 2 bridgehead atoms. The van der Waals surface area contributed by atoms with Crippen molar-refractivity contribution < 1.29 is 22.7 Å². The Balaban J connectivity index is 1.41. The van der Waals surface area contributed by atoms with Gasteiger partial charge in [0.05, 0.1) is 18.8 Å². The van der Waals surface area contributed by atoms with Gasteiger partial charge in [-0.15, -0.1) is 0 Å². The molecular weight excluding hydrogens is 427 g/mol. The summed E-state index contributed by atoms with van der Waals surface area (Å²) in [6, 6.07) is -0.0858. The maximum atomic E-state index is 13.9. The van der Waals surface area contributed by atoms with Crippen molar-refractivity contribution in [1.29, 1.82) is 0 Å². The summed E-state index contributed by atoms with van der Waals surface area (Å²) in [7, 11) is 0. The third kappa shape index (κ3) is 3.95. The van der Waals surface area contributed by atoms with Crippen LogP contribution in [0.25, 0.3) is 0 Å². The number of amides is 1. The van der Waals surface area contributed by atoms with Gasteiger partial charge in [-0.2, -0.15) is 18.2 Å². The summed E-state index contributed by atoms with van der Waals surface area (Å²) in [5, 5.41) is 0. The molecule has 0 aromatic carbocycles. The van der Waals surface area contributed by atoms with Crippen molar-refractivity contribution >= 4 is 18.2 Å². The van der Waals surface area contributed by atoms with E-state index in [9.17, 15) is 22.8 Å². The number of anilines is 2. The average molecular weight is 455 g/mol. The van der Waals surface area contributed by atoms with Crippen LogP contribution in [0.15, 0.2) is 10.9 Å². The van der Waals surface area contributed by atoms with Gasteiger partial charge >= 0.3 is 6.18 Å². The Morgan fingerprint density at radius 2 is 1.97 bits per heavy atom. The van der Waals surface area contributed by atoms with E-state index in [4.69, 9.17) is 4.74 Å². The number of carbonyl (C=O) groups excluding carboxylic acids is 1. The van der Waals surface area contributed by atoms with E-state index in [1.807, 2.05) is 4.90 Å². The minimum atomic E-state index is -4.40. The van der Waals surface area contributed by atoms with Gasteiger partial charge in [-0.25, -0.2) is 0 Å². The maximum Gasteiger partial charge on any atom is 0.408 e. The van der Waals surface area contributed by atoms with Gasteiger partial charge in [0.2, 0.25) is 12.4 Å². The van der Waals surface area contributed by atoms with Crippen molar-refractivity contribution in [3.05, 3.63) is 16.4 Å². The Hall–Kier alpha value is -2.30. The highest BCUT2D eigenvalue weighted by molar-refractivity contribution is 5.49. The highest BCUT2D eigenvalue weighted by Gasteiger charge is 2.47. The zero-order valence-electron chi connectivity index (χ0n) is 17.8. The lowest BCUT2D eigenvalue weighted by Crippen LogP contribution is -2.53. The van der Waals surface area contributed by atoms with Crippen molar-refractivity contribution in [2.24, 2.45) is 5.92 Å². The lowest BCUT2D eigenvalue weighted by atomic mass is 9.93. The lowest BCUT2D eigenvalue weighted by Gasteiger charge is -2.40. The number of hydrogen-bond acceptors (Lipinski definition) is 6. The number of nitrogens with zero attached hydrogens (tertiary/aromatic N) is 5. The molecule has 0 spiro atoms. The SMILES string of the molecule is O=CN1CCC(CCN2c3nc(N4CC5CC4CO5)cc(=O)n3CC[C@H]2C(F)(F)F)CC1. The van der Waals surface area contributed by atoms with E-state index in [-0.39, 0.29) is 49.1 Å². The number of likely N-dealkylation sites (tertiary alicyclic amines) is 1. The number of fused-ring (bicyclic) bond motifs is 3. The normalized spacial score (nSPS) is 28.3. The van der Waals surface area contributed by atoms with Crippen LogP contribution < -0.4 is 15.4 Å². The number of ether oxygens (including phenoxy) is 1. The first-order valence-corrected chi connectivity index (χ1v) is 11.4. The third-order valence-corrected chi connectivity index (χ3v) is 7.38. The second-order valence-electron chi connectivity index (χ2n) is 9.31. The first-order chi connectivity index (χ1) is 15.3. The van der Waals surface area contributed by atoms with Gasteiger partial charge in [0, 0.05) is 38.8 Å². The number of morpholine rings is 1. The molecule has 4 aliphatic rings. The van der Waals surface area contributed by atoms with E-state index in [1.54, 1.807) is 4.90 Å². The van der Waals surface area contributed by atoms with Crippen LogP contribution in [0.1, 0.15) is 32.1 Å². The van der Waals surface area contributed by atoms with Crippen molar-refractivity contribution in [1.82, 2.24) is 14.5 Å². The molecule has 1 amide bonds. The minimum absolute atomic E-state index is 0.00894. The van der Waals surface area contributed by atoms with E-state index >= 15 is 0 Å². The number of alkyl halides is 3. The summed E-state index contributed by atoms with van der Waals surface area (Å²) in [6.07, 6.45) is -0.664. The first kappa shape index (κ1) is 21.5. The molecule has 5 rings (SSSR count). The molecule has 0 radical (unpaired) electrons. The van der Waals surface area contributed by atoms with E-state index < -0.39 is 12.2 Å². The Kier molecular flexibility index (Phi) is 5.55. The zero-order valence-corrected chi connectivity index (χ0v) is 17.8. The summed E-state index contributed by atoms with van der Waals surface area (Å²) >= 11 is 0. The van der Waals surface area contributed by atoms with Crippen molar-refractivity contribution in [2.75, 3.05) is 42.6 Å². The first-order valence-electron chi connectivity index (χ1n) is 11.4. The molecule has 0 aliphatic carbocycles. The standard InChI is InChI=1S/C21H28F3N5O3/c22-21(23,24)17-4-8-28-19(31)10-18(29-11-16-9-15(29)12-32-16)25-20(28)27(17)7-3-14-1-5-26(13-30)6-2-14/h10,13-17H,1-9,11-12H2/t15?,16?,17-/m0/s1. The summed E-state index contributed by atoms with van der Waals surface area (Å²) in [5.41, 5.74) is -0.307. The molecule has 5 heterocycles. The van der Waals surface area contributed by atoms with Crippen molar-refractivity contribution in [3.63, 3.8) is 0 Å². The Morgan fingerprint density at radius 3 is 2.59 bits per heavy atom. The summed E-state index contributed by atoms with van der Waals surface area (Å²) in [4.78, 5) is 33.4. The quantitative estimate of drug-likeness (QED) is 0.629. The molecule has 1 aromatic heterocycles. The smallest absolute Gasteiger partial charge is 0.374 e. The van der Waals surface area contributed by atoms with Crippen LogP contribution in [0.2, 0.25) is 0 Å². The third-order valence-electron chi connectivity index (χ3n) is 7.38. The molecule has 176 valence electrons. The molecule has 1 aromatic rings. The van der Waals surface area contributed by atoms with Gasteiger partial charge in [0.15, 0.2) is 0 Å². The largest absolute Gasteiger partial charge is 0.408 e. The second kappa shape index (κ2) is 8.24. The highest BCUT2D eigenvalue weighted by atomic mass is 19.4. The molecule has 4 aliphatic heterocycles. The van der Waals surface area contributed by atoms with Gasteiger partial charge in [-0.1, -0.05) is 0 Å². The maximum absolute atomic E-state index is 13.9. The summed E-state index contributed by atoms with van der Waals surface area (Å²) < 4.78 is 48.8. The fraction of sp³-hybridized carbons (Fsp3) is 0.762. The van der Waals surface area contributed by atoms with Gasteiger partial charge in [0.1, 0.15) is 11.9 Å². The molecular formula is C21H28F3N5O3. The Labute approximate surface area is 183 Å². The predicted molar refractivity (Wildman–Crippen MR) is 111 cm³/mol. The van der Waals surface area contributed by atoms with E-state index in [0.717, 1.165) is 25.7 Å². The van der Waals surface area contributed by atoms with Crippen molar-refractivity contribution in [2.45, 2.75) is 63.0 Å². The molecule has 8 nitrogen and oxygen atoms in total. The topological polar surface area (TPSA) is 70.9 Å². The van der Waals surface area contributed by atoms with Crippen molar-refractivity contribution in [3.8, 4) is 0 Å². The zero-order chi connectivity index (χ0) is 22.5. The number of piperidine rings is 1. The Bertz CT molecular complexity index is 915. The lowest BCUT2D eigenvalue weighted by molar-refractivity contribution is -0.152. The molecule has 2 unspecified atom stereocenters. The van der Waals surface area contributed by atoms with Crippen LogP contribution in [0.3, 0.4) is 0 Å². The summed E-state index contributed by atoms with van der Waals surface area (Å²) in [6.45, 7) is 2.62. The number of aromatic nitrogens is 2. The molecule has 0 saturated carbocycles. The molecule has 11 heteroatoms. The molecule has 3 atom stereocenters. The van der Waals surface area contributed by atoms with Gasteiger partial charge in [0.25, 0.3) is 5.56 Å². The van der Waals surface area contributed by atoms with Crippen LogP contribution in [0.5, 0.6) is 0 Å². The van der Waals surface area contributed by atoms with Crippen LogP contribution in [-0.2, 0) is 16.1 Å². The van der Waals surface area contributed by atoms with Crippen LogP contribution in [0.4, 0.5) is 24.9 Å². The predicted octanol–water partition coefficient (Wildman–Crippen LogP) is 1.62.